The maximum atomic E-state index is 11.8. The van der Waals surface area contributed by atoms with Crippen LogP contribution in [-0.4, -0.2) is 38.7 Å². The van der Waals surface area contributed by atoms with Gasteiger partial charge in [0.05, 0.1) is 20.8 Å². The fourth-order valence-electron chi connectivity index (χ4n) is 1.43. The van der Waals surface area contributed by atoms with Crippen LogP contribution in [0.3, 0.4) is 0 Å². The minimum Gasteiger partial charge on any atom is -0.507 e. The second kappa shape index (κ2) is 5.37. The maximum Gasteiger partial charge on any atom is 0.184 e. The second-order valence-electron chi connectivity index (χ2n) is 3.15. The number of Topliss-reactive ketones (excluding diaryl/α,β-unsaturated/α-hetero) is 1. The Kier molecular flexibility index (Phi) is 4.13. The van der Waals surface area contributed by atoms with Gasteiger partial charge in [-0.3, -0.25) is 4.79 Å². The molecule has 0 heterocycles. The molecule has 0 saturated carbocycles. The van der Waals surface area contributed by atoms with Gasteiger partial charge in [-0.1, -0.05) is 0 Å². The zero-order valence-corrected chi connectivity index (χ0v) is 9.53. The van der Waals surface area contributed by atoms with E-state index in [1.165, 1.54) is 20.3 Å². The number of carbonyl (C=O) groups is 1. The Morgan fingerprint density at radius 2 is 2.06 bits per heavy atom. The van der Waals surface area contributed by atoms with Crippen molar-refractivity contribution < 1.29 is 19.4 Å². The molecule has 0 unspecified atom stereocenters. The number of ketones is 1. The van der Waals surface area contributed by atoms with Gasteiger partial charge in [-0.05, 0) is 19.2 Å². The Morgan fingerprint density at radius 1 is 1.38 bits per heavy atom. The van der Waals surface area contributed by atoms with Crippen LogP contribution in [0.25, 0.3) is 0 Å². The number of benzene rings is 1. The molecular formula is C11H15NO4. The molecule has 0 aliphatic heterocycles. The third kappa shape index (κ3) is 2.25. The van der Waals surface area contributed by atoms with E-state index in [1.54, 1.807) is 13.1 Å². The minimum atomic E-state index is -0.254. The number of phenolic OH excluding ortho intramolecular Hbond substituents is 1. The van der Waals surface area contributed by atoms with Crippen molar-refractivity contribution in [2.45, 2.75) is 0 Å². The van der Waals surface area contributed by atoms with Crippen molar-refractivity contribution in [1.82, 2.24) is 5.32 Å². The van der Waals surface area contributed by atoms with Crippen molar-refractivity contribution in [2.75, 3.05) is 27.8 Å². The highest BCUT2D eigenvalue weighted by Gasteiger charge is 2.20. The third-order valence-corrected chi connectivity index (χ3v) is 2.14. The Bertz CT molecular complexity index is 390. The topological polar surface area (TPSA) is 67.8 Å². The van der Waals surface area contributed by atoms with Crippen LogP contribution in [0.15, 0.2) is 12.1 Å². The lowest BCUT2D eigenvalue weighted by atomic mass is 10.1. The van der Waals surface area contributed by atoms with Gasteiger partial charge in [0.25, 0.3) is 0 Å². The van der Waals surface area contributed by atoms with Gasteiger partial charge in [-0.15, -0.1) is 0 Å². The van der Waals surface area contributed by atoms with E-state index in [0.717, 1.165) is 0 Å². The molecule has 1 aromatic carbocycles. The average molecular weight is 225 g/mol. The van der Waals surface area contributed by atoms with Crippen molar-refractivity contribution in [2.24, 2.45) is 0 Å². The molecule has 5 heteroatoms. The standard InChI is InChI=1S/C11H15NO4/c1-12-6-8(14)10-7(13)4-5-9(15-2)11(10)16-3/h4-5,12-13H,6H2,1-3H3. The van der Waals surface area contributed by atoms with E-state index in [4.69, 9.17) is 9.47 Å². The summed E-state index contributed by atoms with van der Waals surface area (Å²) in [6.45, 7) is 0.122. The Balaban J connectivity index is 3.28. The molecule has 0 aromatic heterocycles. The molecule has 0 spiro atoms. The van der Waals surface area contributed by atoms with Crippen LogP contribution in [0.5, 0.6) is 17.2 Å². The smallest absolute Gasteiger partial charge is 0.184 e. The number of likely N-dealkylation sites (N-methyl/N-ethyl adjacent to an activating group) is 1. The van der Waals surface area contributed by atoms with Gasteiger partial charge in [0.2, 0.25) is 0 Å². The van der Waals surface area contributed by atoms with E-state index in [-0.39, 0.29) is 29.4 Å². The summed E-state index contributed by atoms with van der Waals surface area (Å²) in [6.07, 6.45) is 0. The monoisotopic (exact) mass is 225 g/mol. The van der Waals surface area contributed by atoms with E-state index in [2.05, 4.69) is 5.32 Å². The van der Waals surface area contributed by atoms with Crippen molar-refractivity contribution in [3.8, 4) is 17.2 Å². The van der Waals surface area contributed by atoms with E-state index in [9.17, 15) is 9.90 Å². The van der Waals surface area contributed by atoms with Crippen LogP contribution in [0.2, 0.25) is 0 Å². The molecule has 0 amide bonds. The number of carbonyl (C=O) groups excluding carboxylic acids is 1. The summed E-state index contributed by atoms with van der Waals surface area (Å²) in [7, 11) is 4.55. The summed E-state index contributed by atoms with van der Waals surface area (Å²) < 4.78 is 10.1. The highest BCUT2D eigenvalue weighted by atomic mass is 16.5. The van der Waals surface area contributed by atoms with Crippen LogP contribution >= 0.6 is 0 Å². The first kappa shape index (κ1) is 12.3. The fraction of sp³-hybridized carbons (Fsp3) is 0.364. The third-order valence-electron chi connectivity index (χ3n) is 2.14. The van der Waals surface area contributed by atoms with Crippen LogP contribution in [0, 0.1) is 0 Å². The first-order valence-electron chi connectivity index (χ1n) is 4.77. The molecule has 5 nitrogen and oxygen atoms in total. The molecule has 0 radical (unpaired) electrons. The Labute approximate surface area is 94.0 Å². The van der Waals surface area contributed by atoms with Crippen LogP contribution in [0.1, 0.15) is 10.4 Å². The number of nitrogens with one attached hydrogen (secondary N) is 1. The van der Waals surface area contributed by atoms with Gasteiger partial charge in [-0.25, -0.2) is 0 Å². The molecule has 0 bridgehead atoms. The summed E-state index contributed by atoms with van der Waals surface area (Å²) >= 11 is 0. The number of phenols is 1. The molecule has 16 heavy (non-hydrogen) atoms. The van der Waals surface area contributed by atoms with E-state index in [1.807, 2.05) is 0 Å². The molecule has 0 aliphatic carbocycles. The van der Waals surface area contributed by atoms with Crippen molar-refractivity contribution in [1.29, 1.82) is 0 Å². The van der Waals surface area contributed by atoms with Gasteiger partial charge in [0, 0.05) is 0 Å². The number of aromatic hydroxyl groups is 1. The summed E-state index contributed by atoms with van der Waals surface area (Å²) in [4.78, 5) is 11.8. The molecule has 2 N–H and O–H groups in total. The number of hydrogen-bond acceptors (Lipinski definition) is 5. The van der Waals surface area contributed by atoms with Gasteiger partial charge in [0.15, 0.2) is 17.3 Å². The zero-order chi connectivity index (χ0) is 12.1. The zero-order valence-electron chi connectivity index (χ0n) is 9.53. The first-order valence-corrected chi connectivity index (χ1v) is 4.77. The molecule has 1 rings (SSSR count). The largest absolute Gasteiger partial charge is 0.507 e. The van der Waals surface area contributed by atoms with Crippen molar-refractivity contribution >= 4 is 5.78 Å². The van der Waals surface area contributed by atoms with Gasteiger partial charge >= 0.3 is 0 Å². The average Bonchev–Trinajstić information content (AvgIpc) is 2.28. The van der Waals surface area contributed by atoms with Crippen LogP contribution < -0.4 is 14.8 Å². The molecule has 88 valence electrons. The predicted molar refractivity (Wildman–Crippen MR) is 59.5 cm³/mol. The quantitative estimate of drug-likeness (QED) is 0.726. The molecule has 0 fully saturated rings. The lowest BCUT2D eigenvalue weighted by Gasteiger charge is -2.13. The molecular weight excluding hydrogens is 210 g/mol. The summed E-state index contributed by atoms with van der Waals surface area (Å²) in [5.41, 5.74) is 0.135. The second-order valence-corrected chi connectivity index (χ2v) is 3.15. The molecule has 0 atom stereocenters. The lowest BCUT2D eigenvalue weighted by Crippen LogP contribution is -2.19. The fourth-order valence-corrected chi connectivity index (χ4v) is 1.43. The Morgan fingerprint density at radius 3 is 2.56 bits per heavy atom. The molecule has 0 saturated heterocycles. The summed E-state index contributed by atoms with van der Waals surface area (Å²) in [6, 6.07) is 2.95. The minimum absolute atomic E-state index is 0.113. The number of methoxy groups -OCH3 is 2. The molecule has 0 aliphatic rings. The van der Waals surface area contributed by atoms with Crippen molar-refractivity contribution in [3.05, 3.63) is 17.7 Å². The van der Waals surface area contributed by atoms with Gasteiger partial charge in [0.1, 0.15) is 11.3 Å². The van der Waals surface area contributed by atoms with E-state index < -0.39 is 0 Å². The van der Waals surface area contributed by atoms with Crippen LogP contribution in [0.4, 0.5) is 0 Å². The van der Waals surface area contributed by atoms with Gasteiger partial charge in [-0.2, -0.15) is 0 Å². The predicted octanol–water partition coefficient (Wildman–Crippen LogP) is 0.811. The number of rotatable bonds is 5. The Hall–Kier alpha value is -1.75. The van der Waals surface area contributed by atoms with Gasteiger partial charge < -0.3 is 19.9 Å². The summed E-state index contributed by atoms with van der Waals surface area (Å²) in [5.74, 6) is 0.302. The lowest BCUT2D eigenvalue weighted by molar-refractivity contribution is 0.0987. The van der Waals surface area contributed by atoms with Crippen molar-refractivity contribution in [3.63, 3.8) is 0 Å². The SMILES string of the molecule is CNCC(=O)c1c(O)ccc(OC)c1OC. The highest BCUT2D eigenvalue weighted by molar-refractivity contribution is 6.03. The normalized spacial score (nSPS) is 9.94. The summed E-state index contributed by atoms with van der Waals surface area (Å²) in [5, 5.41) is 12.4. The number of hydrogen-bond donors (Lipinski definition) is 2. The maximum absolute atomic E-state index is 11.8. The van der Waals surface area contributed by atoms with E-state index >= 15 is 0 Å². The first-order chi connectivity index (χ1) is 7.65. The molecule has 1 aromatic rings. The van der Waals surface area contributed by atoms with E-state index in [0.29, 0.717) is 5.75 Å². The number of ether oxygens (including phenoxy) is 2. The van der Waals surface area contributed by atoms with Crippen LogP contribution in [-0.2, 0) is 0 Å². The highest BCUT2D eigenvalue weighted by Crippen LogP contribution is 2.36.